The first-order valence-electron chi connectivity index (χ1n) is 7.62. The molecular weight excluding hydrogens is 360 g/mol. The smallest absolute Gasteiger partial charge is 0.326 e. The summed E-state index contributed by atoms with van der Waals surface area (Å²) in [5.41, 5.74) is 0.859. The van der Waals surface area contributed by atoms with Crippen LogP contribution >= 0.6 is 24.0 Å². The van der Waals surface area contributed by atoms with E-state index in [9.17, 15) is 14.4 Å². The lowest BCUT2D eigenvalue weighted by Gasteiger charge is -2.20. The summed E-state index contributed by atoms with van der Waals surface area (Å²) in [6.07, 6.45) is 1.71. The predicted molar refractivity (Wildman–Crippen MR) is 101 cm³/mol. The summed E-state index contributed by atoms with van der Waals surface area (Å²) in [5, 5.41) is 11.6. The molecule has 6 nitrogen and oxygen atoms in total. The van der Waals surface area contributed by atoms with Gasteiger partial charge in [-0.3, -0.25) is 14.5 Å². The van der Waals surface area contributed by atoms with Gasteiger partial charge in [0.25, 0.3) is 5.91 Å². The summed E-state index contributed by atoms with van der Waals surface area (Å²) >= 11 is 6.30. The van der Waals surface area contributed by atoms with Gasteiger partial charge < -0.3 is 10.4 Å². The van der Waals surface area contributed by atoms with Gasteiger partial charge in [0.15, 0.2) is 0 Å². The summed E-state index contributed by atoms with van der Waals surface area (Å²) in [6, 6.07) is 8.31. The highest BCUT2D eigenvalue weighted by atomic mass is 32.2. The number of nitrogens with one attached hydrogen (secondary N) is 1. The molecule has 0 aliphatic carbocycles. The molecule has 1 aliphatic heterocycles. The van der Waals surface area contributed by atoms with E-state index in [2.05, 4.69) is 5.32 Å². The Kier molecular flexibility index (Phi) is 6.33. The molecule has 8 heteroatoms. The fourth-order valence-corrected chi connectivity index (χ4v) is 3.47. The average molecular weight is 378 g/mol. The number of amides is 2. The molecule has 2 N–H and O–H groups in total. The molecule has 132 valence electrons. The quantitative estimate of drug-likeness (QED) is 0.582. The summed E-state index contributed by atoms with van der Waals surface area (Å²) in [4.78, 5) is 37.4. The van der Waals surface area contributed by atoms with E-state index in [-0.39, 0.29) is 22.7 Å². The Labute approximate surface area is 155 Å². The van der Waals surface area contributed by atoms with Crippen molar-refractivity contribution in [1.29, 1.82) is 0 Å². The van der Waals surface area contributed by atoms with Crippen LogP contribution < -0.4 is 5.32 Å². The van der Waals surface area contributed by atoms with Crippen molar-refractivity contribution in [3.05, 3.63) is 40.8 Å². The molecule has 1 heterocycles. The number of carboxylic acids is 1. The third-order valence-electron chi connectivity index (χ3n) is 3.52. The Morgan fingerprint density at radius 3 is 2.52 bits per heavy atom. The lowest BCUT2D eigenvalue weighted by molar-refractivity contribution is -0.143. The third kappa shape index (κ3) is 4.90. The number of hydrogen-bond donors (Lipinski definition) is 2. The lowest BCUT2D eigenvalue weighted by atomic mass is 10.0. The molecule has 2 amide bonds. The summed E-state index contributed by atoms with van der Waals surface area (Å²) < 4.78 is 0.277. The van der Waals surface area contributed by atoms with E-state index in [1.807, 2.05) is 30.3 Å². The molecule has 2 rings (SSSR count). The minimum Gasteiger partial charge on any atom is -0.480 e. The van der Waals surface area contributed by atoms with E-state index >= 15 is 0 Å². The highest BCUT2D eigenvalue weighted by molar-refractivity contribution is 8.26. The number of nitrogens with zero attached hydrogens (tertiary/aromatic N) is 1. The lowest BCUT2D eigenvalue weighted by Crippen LogP contribution is -2.48. The second kappa shape index (κ2) is 8.26. The number of thioether (sulfide) groups is 1. The molecule has 0 saturated carbocycles. The van der Waals surface area contributed by atoms with Crippen LogP contribution in [-0.4, -0.2) is 44.7 Å². The molecule has 1 atom stereocenters. The van der Waals surface area contributed by atoms with Crippen molar-refractivity contribution in [3.63, 3.8) is 0 Å². The van der Waals surface area contributed by atoms with Gasteiger partial charge in [-0.15, -0.1) is 0 Å². The number of hydrogen-bond acceptors (Lipinski definition) is 5. The second-order valence-corrected chi connectivity index (χ2v) is 7.48. The highest BCUT2D eigenvalue weighted by Crippen LogP contribution is 2.32. The zero-order valence-electron chi connectivity index (χ0n) is 13.8. The molecule has 1 saturated heterocycles. The van der Waals surface area contributed by atoms with Gasteiger partial charge in [-0.2, -0.15) is 0 Å². The van der Waals surface area contributed by atoms with Crippen LogP contribution in [0.4, 0.5) is 0 Å². The van der Waals surface area contributed by atoms with Gasteiger partial charge in [0.2, 0.25) is 5.91 Å². The van der Waals surface area contributed by atoms with E-state index in [4.69, 9.17) is 17.3 Å². The topological polar surface area (TPSA) is 86.7 Å². The van der Waals surface area contributed by atoms with Crippen LogP contribution in [0.2, 0.25) is 0 Å². The molecule has 0 aromatic heterocycles. The minimum absolute atomic E-state index is 0.273. The molecule has 1 fully saturated rings. The number of thiocarbonyl (C=S) groups is 1. The maximum atomic E-state index is 12.5. The highest BCUT2D eigenvalue weighted by Gasteiger charge is 2.34. The SMILES string of the molecule is CC(C)[C@@H](NC(=O)CN1C(=O)/C(=C/c2ccccc2)SC1=S)C(=O)O. The molecule has 1 aromatic rings. The average Bonchev–Trinajstić information content (AvgIpc) is 2.80. The first-order chi connectivity index (χ1) is 11.8. The van der Waals surface area contributed by atoms with Crippen LogP contribution in [0.25, 0.3) is 6.08 Å². The number of benzene rings is 1. The Morgan fingerprint density at radius 1 is 1.32 bits per heavy atom. The largest absolute Gasteiger partial charge is 0.480 e. The van der Waals surface area contributed by atoms with Crippen LogP contribution in [0.1, 0.15) is 19.4 Å². The van der Waals surface area contributed by atoms with Gasteiger partial charge >= 0.3 is 5.97 Å². The molecule has 1 aliphatic rings. The molecular formula is C17H18N2O4S2. The van der Waals surface area contributed by atoms with Crippen LogP contribution in [0.15, 0.2) is 35.2 Å². The van der Waals surface area contributed by atoms with E-state index < -0.39 is 17.9 Å². The molecule has 0 spiro atoms. The van der Waals surface area contributed by atoms with Crippen molar-refractivity contribution < 1.29 is 19.5 Å². The second-order valence-electron chi connectivity index (χ2n) is 5.81. The zero-order valence-corrected chi connectivity index (χ0v) is 15.4. The Balaban J connectivity index is 2.06. The van der Waals surface area contributed by atoms with E-state index in [0.717, 1.165) is 17.3 Å². The fourth-order valence-electron chi connectivity index (χ4n) is 2.21. The summed E-state index contributed by atoms with van der Waals surface area (Å²) in [5.74, 6) is -2.30. The predicted octanol–water partition coefficient (Wildman–Crippen LogP) is 2.11. The maximum absolute atomic E-state index is 12.5. The van der Waals surface area contributed by atoms with Crippen LogP contribution in [0, 0.1) is 5.92 Å². The molecule has 1 aromatic carbocycles. The van der Waals surface area contributed by atoms with Crippen molar-refractivity contribution in [2.45, 2.75) is 19.9 Å². The van der Waals surface area contributed by atoms with Crippen molar-refractivity contribution in [2.24, 2.45) is 5.92 Å². The standard InChI is InChI=1S/C17H18N2O4S2/c1-10(2)14(16(22)23)18-13(20)9-19-15(21)12(25-17(19)24)8-11-6-4-3-5-7-11/h3-8,10,14H,9H2,1-2H3,(H,18,20)(H,22,23)/b12-8-/t14-/m1/s1. The molecule has 0 unspecified atom stereocenters. The van der Waals surface area contributed by atoms with Crippen LogP contribution in [0.5, 0.6) is 0 Å². The molecule has 25 heavy (non-hydrogen) atoms. The molecule has 0 bridgehead atoms. The van der Waals surface area contributed by atoms with E-state index in [1.165, 1.54) is 4.90 Å². The van der Waals surface area contributed by atoms with Crippen molar-refractivity contribution >= 4 is 52.2 Å². The van der Waals surface area contributed by atoms with Gasteiger partial charge in [0.1, 0.15) is 16.9 Å². The van der Waals surface area contributed by atoms with Crippen molar-refractivity contribution in [1.82, 2.24) is 10.2 Å². The van der Waals surface area contributed by atoms with Gasteiger partial charge in [0.05, 0.1) is 4.91 Å². The Hall–Kier alpha value is -2.19. The van der Waals surface area contributed by atoms with Crippen LogP contribution in [0.3, 0.4) is 0 Å². The third-order valence-corrected chi connectivity index (χ3v) is 4.90. The number of carbonyl (C=O) groups is 3. The van der Waals surface area contributed by atoms with Crippen molar-refractivity contribution in [2.75, 3.05) is 6.54 Å². The summed E-state index contributed by atoms with van der Waals surface area (Å²) in [7, 11) is 0. The zero-order chi connectivity index (χ0) is 18.6. The van der Waals surface area contributed by atoms with Gasteiger partial charge in [-0.25, -0.2) is 4.79 Å². The Morgan fingerprint density at radius 2 is 1.96 bits per heavy atom. The molecule has 0 radical (unpaired) electrons. The number of carbonyl (C=O) groups excluding carboxylic acids is 2. The van der Waals surface area contributed by atoms with Crippen LogP contribution in [-0.2, 0) is 14.4 Å². The number of aliphatic carboxylic acids is 1. The normalized spacial score (nSPS) is 17.2. The van der Waals surface area contributed by atoms with Gasteiger partial charge in [-0.1, -0.05) is 68.2 Å². The fraction of sp³-hybridized carbons (Fsp3) is 0.294. The first kappa shape index (κ1) is 19.1. The maximum Gasteiger partial charge on any atom is 0.326 e. The number of carboxylic acid groups (broad SMARTS) is 1. The number of rotatable bonds is 6. The monoisotopic (exact) mass is 378 g/mol. The van der Waals surface area contributed by atoms with E-state index in [1.54, 1.807) is 19.9 Å². The van der Waals surface area contributed by atoms with Crippen molar-refractivity contribution in [3.8, 4) is 0 Å². The minimum atomic E-state index is -1.11. The first-order valence-corrected chi connectivity index (χ1v) is 8.84. The van der Waals surface area contributed by atoms with Gasteiger partial charge in [0, 0.05) is 0 Å². The Bertz CT molecular complexity index is 731. The summed E-state index contributed by atoms with van der Waals surface area (Å²) in [6.45, 7) is 3.09. The van der Waals surface area contributed by atoms with Gasteiger partial charge in [-0.05, 0) is 17.6 Å². The van der Waals surface area contributed by atoms with E-state index in [0.29, 0.717) is 4.91 Å².